The van der Waals surface area contributed by atoms with Gasteiger partial charge in [0.25, 0.3) is 0 Å². The predicted octanol–water partition coefficient (Wildman–Crippen LogP) is 4.46. The number of rotatable bonds is 6. The third-order valence-corrected chi connectivity index (χ3v) is 3.51. The average Bonchev–Trinajstić information content (AvgIpc) is 2.49. The molecule has 1 aromatic rings. The summed E-state index contributed by atoms with van der Waals surface area (Å²) in [6.07, 6.45) is 0. The molecule has 0 radical (unpaired) electrons. The molecular weight excluding hydrogens is 344 g/mol. The minimum atomic E-state index is -0.908. The van der Waals surface area contributed by atoms with E-state index >= 15 is 0 Å². The van der Waals surface area contributed by atoms with Crippen LogP contribution in [0.1, 0.15) is 66.9 Å². The van der Waals surface area contributed by atoms with Crippen LogP contribution < -0.4 is 10.6 Å². The number of esters is 1. The summed E-state index contributed by atoms with van der Waals surface area (Å²) >= 11 is 0. The molecule has 152 valence electrons. The Balaban J connectivity index is 2.87. The van der Waals surface area contributed by atoms with Gasteiger partial charge in [-0.05, 0) is 59.1 Å². The molecule has 2 amide bonds. The van der Waals surface area contributed by atoms with Crippen molar-refractivity contribution in [2.75, 3.05) is 11.9 Å². The molecule has 0 aliphatic rings. The van der Waals surface area contributed by atoms with Crippen molar-refractivity contribution in [3.8, 4) is 0 Å². The summed E-state index contributed by atoms with van der Waals surface area (Å²) < 4.78 is 11.1. The van der Waals surface area contributed by atoms with Crippen LogP contribution in [0.3, 0.4) is 0 Å². The molecule has 27 heavy (non-hydrogen) atoms. The average molecular weight is 379 g/mol. The standard InChI is InChI=1S/C21H34N2O4/c1-14(2)15-11-9-10-12-16(15)22-19(25)23-17(13-26-20(3,4)5)18(24)27-21(6,7)8/h9-12,14,17H,13H2,1-8H3,(H2,22,23,25). The van der Waals surface area contributed by atoms with Crippen LogP contribution >= 0.6 is 0 Å². The van der Waals surface area contributed by atoms with Gasteiger partial charge < -0.3 is 20.1 Å². The first-order valence-corrected chi connectivity index (χ1v) is 9.32. The fourth-order valence-corrected chi connectivity index (χ4v) is 2.31. The highest BCUT2D eigenvalue weighted by atomic mass is 16.6. The van der Waals surface area contributed by atoms with Crippen molar-refractivity contribution in [1.29, 1.82) is 0 Å². The molecule has 0 saturated heterocycles. The first kappa shape index (κ1) is 23.0. The molecule has 1 rings (SSSR count). The van der Waals surface area contributed by atoms with E-state index in [1.165, 1.54) is 0 Å². The van der Waals surface area contributed by atoms with Crippen LogP contribution in [0.25, 0.3) is 0 Å². The minimum Gasteiger partial charge on any atom is -0.458 e. The Hall–Kier alpha value is -2.08. The van der Waals surface area contributed by atoms with Crippen molar-refractivity contribution in [3.63, 3.8) is 0 Å². The number of hydrogen-bond acceptors (Lipinski definition) is 4. The van der Waals surface area contributed by atoms with Gasteiger partial charge in [-0.15, -0.1) is 0 Å². The Labute approximate surface area is 163 Å². The predicted molar refractivity (Wildman–Crippen MR) is 108 cm³/mol. The van der Waals surface area contributed by atoms with Crippen molar-refractivity contribution < 1.29 is 19.1 Å². The SMILES string of the molecule is CC(C)c1ccccc1NC(=O)NC(COC(C)(C)C)C(=O)OC(C)(C)C. The highest BCUT2D eigenvalue weighted by molar-refractivity contribution is 5.93. The third-order valence-electron chi connectivity index (χ3n) is 3.51. The Morgan fingerprint density at radius 1 is 1.00 bits per heavy atom. The van der Waals surface area contributed by atoms with Gasteiger partial charge in [0.2, 0.25) is 0 Å². The van der Waals surface area contributed by atoms with E-state index in [0.717, 1.165) is 5.56 Å². The van der Waals surface area contributed by atoms with E-state index in [0.29, 0.717) is 5.69 Å². The quantitative estimate of drug-likeness (QED) is 0.717. The fourth-order valence-electron chi connectivity index (χ4n) is 2.31. The number of urea groups is 1. The van der Waals surface area contributed by atoms with Crippen molar-refractivity contribution >= 4 is 17.7 Å². The summed E-state index contributed by atoms with van der Waals surface area (Å²) in [5, 5.41) is 5.50. The van der Waals surface area contributed by atoms with Crippen LogP contribution in [0.15, 0.2) is 24.3 Å². The van der Waals surface area contributed by atoms with E-state index in [-0.39, 0.29) is 12.5 Å². The first-order chi connectivity index (χ1) is 12.3. The van der Waals surface area contributed by atoms with E-state index < -0.39 is 29.2 Å². The van der Waals surface area contributed by atoms with E-state index in [4.69, 9.17) is 9.47 Å². The van der Waals surface area contributed by atoms with E-state index in [1.807, 2.05) is 45.0 Å². The van der Waals surface area contributed by atoms with Gasteiger partial charge in [0.15, 0.2) is 6.04 Å². The van der Waals surface area contributed by atoms with Gasteiger partial charge in [0.1, 0.15) is 5.60 Å². The van der Waals surface area contributed by atoms with Gasteiger partial charge in [-0.25, -0.2) is 9.59 Å². The number of amides is 2. The molecule has 0 bridgehead atoms. The molecule has 1 unspecified atom stereocenters. The van der Waals surface area contributed by atoms with Crippen LogP contribution in [-0.4, -0.2) is 35.9 Å². The van der Waals surface area contributed by atoms with Crippen molar-refractivity contribution in [3.05, 3.63) is 29.8 Å². The number of carbonyl (C=O) groups excluding carboxylic acids is 2. The monoisotopic (exact) mass is 378 g/mol. The molecular formula is C21H34N2O4. The zero-order valence-electron chi connectivity index (χ0n) is 17.8. The fraction of sp³-hybridized carbons (Fsp3) is 0.619. The molecule has 6 heteroatoms. The maximum absolute atomic E-state index is 12.5. The van der Waals surface area contributed by atoms with Crippen LogP contribution in [0.4, 0.5) is 10.5 Å². The number of nitrogens with one attached hydrogen (secondary N) is 2. The molecule has 0 aliphatic heterocycles. The van der Waals surface area contributed by atoms with Crippen molar-refractivity contribution in [1.82, 2.24) is 5.32 Å². The highest BCUT2D eigenvalue weighted by Crippen LogP contribution is 2.23. The third kappa shape index (κ3) is 8.91. The maximum Gasteiger partial charge on any atom is 0.331 e. The zero-order valence-corrected chi connectivity index (χ0v) is 17.8. The molecule has 0 fully saturated rings. The number of hydrogen-bond donors (Lipinski definition) is 2. The maximum atomic E-state index is 12.5. The van der Waals surface area contributed by atoms with Gasteiger partial charge in [0.05, 0.1) is 12.2 Å². The number of anilines is 1. The normalized spacial score (nSPS) is 13.2. The van der Waals surface area contributed by atoms with Crippen molar-refractivity contribution in [2.45, 2.75) is 78.6 Å². The Morgan fingerprint density at radius 2 is 1.59 bits per heavy atom. The van der Waals surface area contributed by atoms with Crippen molar-refractivity contribution in [2.24, 2.45) is 0 Å². The Bertz CT molecular complexity index is 642. The van der Waals surface area contributed by atoms with Crippen LogP contribution in [-0.2, 0) is 14.3 Å². The van der Waals surface area contributed by atoms with E-state index in [2.05, 4.69) is 24.5 Å². The molecule has 0 saturated carbocycles. The lowest BCUT2D eigenvalue weighted by Gasteiger charge is -2.27. The van der Waals surface area contributed by atoms with Gasteiger partial charge in [-0.2, -0.15) is 0 Å². The molecule has 0 spiro atoms. The van der Waals surface area contributed by atoms with E-state index in [9.17, 15) is 9.59 Å². The number of carbonyl (C=O) groups is 2. The lowest BCUT2D eigenvalue weighted by molar-refractivity contribution is -0.160. The number of para-hydroxylation sites is 1. The number of benzene rings is 1. The minimum absolute atomic E-state index is 0.0255. The summed E-state index contributed by atoms with van der Waals surface area (Å²) in [5.41, 5.74) is 0.638. The Kier molecular flexibility index (Phi) is 7.84. The first-order valence-electron chi connectivity index (χ1n) is 9.32. The second-order valence-corrected chi connectivity index (χ2v) is 8.85. The van der Waals surface area contributed by atoms with E-state index in [1.54, 1.807) is 20.8 Å². The molecule has 2 N–H and O–H groups in total. The molecule has 6 nitrogen and oxygen atoms in total. The van der Waals surface area contributed by atoms with Gasteiger partial charge in [-0.1, -0.05) is 32.0 Å². The summed E-state index contributed by atoms with van der Waals surface area (Å²) in [6.45, 7) is 15.1. The molecule has 0 aliphatic carbocycles. The summed E-state index contributed by atoms with van der Waals surface area (Å²) in [7, 11) is 0. The van der Waals surface area contributed by atoms with Gasteiger partial charge >= 0.3 is 12.0 Å². The topological polar surface area (TPSA) is 76.7 Å². The highest BCUT2D eigenvalue weighted by Gasteiger charge is 2.28. The molecule has 0 aromatic heterocycles. The van der Waals surface area contributed by atoms with Crippen LogP contribution in [0, 0.1) is 0 Å². The van der Waals surface area contributed by atoms with Crippen LogP contribution in [0.5, 0.6) is 0 Å². The molecule has 1 aromatic carbocycles. The zero-order chi connectivity index (χ0) is 20.8. The summed E-state index contributed by atoms with van der Waals surface area (Å²) in [4.78, 5) is 25.0. The van der Waals surface area contributed by atoms with Gasteiger partial charge in [-0.3, -0.25) is 0 Å². The largest absolute Gasteiger partial charge is 0.458 e. The molecule has 0 heterocycles. The second kappa shape index (κ2) is 9.22. The lowest BCUT2D eigenvalue weighted by atomic mass is 10.0. The van der Waals surface area contributed by atoms with Gasteiger partial charge in [0, 0.05) is 5.69 Å². The Morgan fingerprint density at radius 3 is 2.11 bits per heavy atom. The lowest BCUT2D eigenvalue weighted by Crippen LogP contribution is -2.49. The smallest absolute Gasteiger partial charge is 0.331 e. The van der Waals surface area contributed by atoms with Crippen LogP contribution in [0.2, 0.25) is 0 Å². The summed E-state index contributed by atoms with van der Waals surface area (Å²) in [6, 6.07) is 6.21. The second-order valence-electron chi connectivity index (χ2n) is 8.85. The molecule has 1 atom stereocenters. The summed E-state index contributed by atoms with van der Waals surface area (Å²) in [5.74, 6) is -0.272. The number of ether oxygens (including phenoxy) is 2.